The molecule has 0 radical (unpaired) electrons. The van der Waals surface area contributed by atoms with Crippen molar-refractivity contribution in [1.29, 1.82) is 0 Å². The summed E-state index contributed by atoms with van der Waals surface area (Å²) in [5.41, 5.74) is -0.510. The summed E-state index contributed by atoms with van der Waals surface area (Å²) in [4.78, 5) is 10.9. The molecule has 0 aliphatic heterocycles. The Bertz CT molecular complexity index is 157. The van der Waals surface area contributed by atoms with Gasteiger partial charge in [0.05, 0.1) is 5.41 Å². The number of carboxylic acids is 1. The quantitative estimate of drug-likeness (QED) is 0.789. The summed E-state index contributed by atoms with van der Waals surface area (Å²) in [6, 6.07) is 0. The Morgan fingerprint density at radius 1 is 1.46 bits per heavy atom. The van der Waals surface area contributed by atoms with Crippen molar-refractivity contribution in [2.24, 2.45) is 11.3 Å². The van der Waals surface area contributed by atoms with Gasteiger partial charge in [0.1, 0.15) is 0 Å². The number of carboxylic acid groups (broad SMARTS) is 1. The molecule has 1 atom stereocenters. The predicted molar refractivity (Wildman–Crippen MR) is 58.6 cm³/mol. The number of carbonyl (C=O) groups is 1. The van der Waals surface area contributed by atoms with Gasteiger partial charge in [0.2, 0.25) is 0 Å². The minimum atomic E-state index is -0.661. The van der Waals surface area contributed by atoms with Gasteiger partial charge in [-0.25, -0.2) is 0 Å². The molecule has 1 N–H and O–H groups in total. The summed E-state index contributed by atoms with van der Waals surface area (Å²) in [7, 11) is 0. The zero-order valence-corrected chi connectivity index (χ0v) is 8.55. The molecule has 13 heavy (non-hydrogen) atoms. The van der Waals surface area contributed by atoms with E-state index in [9.17, 15) is 4.79 Å². The van der Waals surface area contributed by atoms with Crippen molar-refractivity contribution in [1.82, 2.24) is 0 Å². The molecular formula is C10H22BaO2. The van der Waals surface area contributed by atoms with Gasteiger partial charge in [-0.05, 0) is 32.1 Å². The van der Waals surface area contributed by atoms with Crippen molar-refractivity contribution in [3.05, 3.63) is 0 Å². The predicted octanol–water partition coefficient (Wildman–Crippen LogP) is 2.01. The van der Waals surface area contributed by atoms with Gasteiger partial charge in [0.15, 0.2) is 0 Å². The molecule has 0 aliphatic rings. The first-order chi connectivity index (χ1) is 5.42. The molecule has 0 rings (SSSR count). The van der Waals surface area contributed by atoms with Crippen molar-refractivity contribution in [3.8, 4) is 0 Å². The summed E-state index contributed by atoms with van der Waals surface area (Å²) >= 11 is 0. The van der Waals surface area contributed by atoms with E-state index in [1.54, 1.807) is 0 Å². The molecule has 0 aromatic carbocycles. The van der Waals surface area contributed by atoms with Crippen LogP contribution in [0, 0.1) is 11.3 Å². The second kappa shape index (κ2) is 7.35. The first-order valence-corrected chi connectivity index (χ1v) is 4.65. The van der Waals surface area contributed by atoms with E-state index in [2.05, 4.69) is 13.8 Å². The Labute approximate surface area is 122 Å². The zero-order valence-electron chi connectivity index (χ0n) is 8.55. The van der Waals surface area contributed by atoms with Crippen LogP contribution in [-0.2, 0) is 4.79 Å². The molecule has 0 aromatic rings. The molecule has 0 saturated carbocycles. The molecule has 1 unspecified atom stereocenters. The van der Waals surface area contributed by atoms with Gasteiger partial charge in [-0.2, -0.15) is 0 Å². The standard InChI is InChI=1S/C10H20O2.Ba.2H/c1-5-10(4,9(11)12)7-6-8(2)3;;;/h8H,5-7H2,1-4H3,(H,11,12);;;. The van der Waals surface area contributed by atoms with E-state index in [0.29, 0.717) is 5.92 Å². The Morgan fingerprint density at radius 2 is 1.92 bits per heavy atom. The number of aliphatic carboxylic acids is 1. The maximum absolute atomic E-state index is 10.9. The second-order valence-electron chi connectivity index (χ2n) is 4.15. The Balaban J connectivity index is 0. The molecule has 3 heteroatoms. The fourth-order valence-corrected chi connectivity index (χ4v) is 1.04. The van der Waals surface area contributed by atoms with Gasteiger partial charge >= 0.3 is 54.9 Å². The molecule has 0 spiro atoms. The summed E-state index contributed by atoms with van der Waals surface area (Å²) < 4.78 is 0. The Morgan fingerprint density at radius 3 is 2.15 bits per heavy atom. The third-order valence-electron chi connectivity index (χ3n) is 2.57. The Kier molecular flexibility index (Phi) is 9.31. The third-order valence-corrected chi connectivity index (χ3v) is 2.57. The van der Waals surface area contributed by atoms with Crippen LogP contribution in [0.3, 0.4) is 0 Å². The fourth-order valence-electron chi connectivity index (χ4n) is 1.04. The van der Waals surface area contributed by atoms with Gasteiger partial charge in [-0.15, -0.1) is 0 Å². The van der Waals surface area contributed by atoms with Crippen LogP contribution in [0.15, 0.2) is 0 Å². The SMILES string of the molecule is CCC(C)(CCC(C)C)C(=O)O.[BaH2]. The molecule has 76 valence electrons. The summed E-state index contributed by atoms with van der Waals surface area (Å²) in [6.07, 6.45) is 2.50. The molecule has 0 bridgehead atoms. The van der Waals surface area contributed by atoms with Gasteiger partial charge in [0.25, 0.3) is 0 Å². The van der Waals surface area contributed by atoms with E-state index in [-0.39, 0.29) is 48.9 Å². The third kappa shape index (κ3) is 6.18. The minimum absolute atomic E-state index is 0. The molecule has 0 aliphatic carbocycles. The van der Waals surface area contributed by atoms with Gasteiger partial charge in [-0.1, -0.05) is 20.8 Å². The maximum atomic E-state index is 10.9. The Hall–Kier alpha value is 1.04. The van der Waals surface area contributed by atoms with Gasteiger partial charge < -0.3 is 5.11 Å². The van der Waals surface area contributed by atoms with Crippen molar-refractivity contribution in [2.45, 2.75) is 47.0 Å². The van der Waals surface area contributed by atoms with Crippen molar-refractivity contribution >= 4 is 54.9 Å². The summed E-state index contributed by atoms with van der Waals surface area (Å²) in [5, 5.41) is 8.95. The van der Waals surface area contributed by atoms with E-state index in [1.807, 2.05) is 13.8 Å². The number of hydrogen-bond donors (Lipinski definition) is 1. The summed E-state index contributed by atoms with van der Waals surface area (Å²) in [6.45, 7) is 8.02. The molecule has 0 amide bonds. The first-order valence-electron chi connectivity index (χ1n) is 4.65. The average Bonchev–Trinajstić information content (AvgIpc) is 1.99. The van der Waals surface area contributed by atoms with E-state index >= 15 is 0 Å². The van der Waals surface area contributed by atoms with Gasteiger partial charge in [-0.3, -0.25) is 4.79 Å². The molecule has 0 fully saturated rings. The molecule has 2 nitrogen and oxygen atoms in total. The van der Waals surface area contributed by atoms with Crippen LogP contribution in [0.4, 0.5) is 0 Å². The number of hydrogen-bond acceptors (Lipinski definition) is 1. The van der Waals surface area contributed by atoms with E-state index in [4.69, 9.17) is 5.11 Å². The summed E-state index contributed by atoms with van der Waals surface area (Å²) in [5.74, 6) is -0.0686. The normalized spacial score (nSPS) is 14.8. The van der Waals surface area contributed by atoms with Crippen LogP contribution >= 0.6 is 0 Å². The van der Waals surface area contributed by atoms with Crippen LogP contribution in [0.5, 0.6) is 0 Å². The first kappa shape index (κ1) is 16.5. The van der Waals surface area contributed by atoms with Crippen molar-refractivity contribution in [3.63, 3.8) is 0 Å². The van der Waals surface area contributed by atoms with Crippen LogP contribution in [-0.4, -0.2) is 60.0 Å². The molecule has 0 saturated heterocycles. The van der Waals surface area contributed by atoms with Crippen LogP contribution in [0.1, 0.15) is 47.0 Å². The van der Waals surface area contributed by atoms with Crippen LogP contribution < -0.4 is 0 Å². The second-order valence-corrected chi connectivity index (χ2v) is 4.15. The average molecular weight is 312 g/mol. The van der Waals surface area contributed by atoms with Crippen molar-refractivity contribution < 1.29 is 9.90 Å². The van der Waals surface area contributed by atoms with E-state index < -0.39 is 11.4 Å². The number of rotatable bonds is 5. The molecule has 0 heterocycles. The van der Waals surface area contributed by atoms with Crippen LogP contribution in [0.2, 0.25) is 0 Å². The van der Waals surface area contributed by atoms with Crippen molar-refractivity contribution in [2.75, 3.05) is 0 Å². The molecular weight excluding hydrogens is 289 g/mol. The van der Waals surface area contributed by atoms with Gasteiger partial charge in [0, 0.05) is 0 Å². The topological polar surface area (TPSA) is 37.3 Å². The monoisotopic (exact) mass is 312 g/mol. The van der Waals surface area contributed by atoms with E-state index in [0.717, 1.165) is 19.3 Å². The van der Waals surface area contributed by atoms with Crippen LogP contribution in [0.25, 0.3) is 0 Å². The fraction of sp³-hybridized carbons (Fsp3) is 0.900. The molecule has 0 aromatic heterocycles. The zero-order chi connectivity index (χ0) is 9.78. The van der Waals surface area contributed by atoms with E-state index in [1.165, 1.54) is 0 Å².